The molecule has 3 aromatic rings. The predicted octanol–water partition coefficient (Wildman–Crippen LogP) is 6.55. The summed E-state index contributed by atoms with van der Waals surface area (Å²) in [5.41, 5.74) is 4.55. The molecular formula is C30H34F3N3O3S. The van der Waals surface area contributed by atoms with Crippen LogP contribution in [-0.2, 0) is 22.8 Å². The predicted molar refractivity (Wildman–Crippen MR) is 150 cm³/mol. The summed E-state index contributed by atoms with van der Waals surface area (Å²) in [5.74, 6) is -0.398. The van der Waals surface area contributed by atoms with E-state index >= 15 is 0 Å². The largest absolute Gasteiger partial charge is 0.573 e. The van der Waals surface area contributed by atoms with Gasteiger partial charge in [-0.25, -0.2) is 13.3 Å². The number of aliphatic hydroxyl groups excluding tert-OH is 1. The molecule has 1 saturated carbocycles. The fourth-order valence-corrected chi connectivity index (χ4v) is 7.64. The normalized spacial score (nSPS) is 22.4. The van der Waals surface area contributed by atoms with Crippen molar-refractivity contribution in [3.05, 3.63) is 83.9 Å². The number of ether oxygens (including phenoxy) is 1. The van der Waals surface area contributed by atoms with E-state index in [1.807, 2.05) is 31.2 Å². The Morgan fingerprint density at radius 2 is 1.57 bits per heavy atom. The molecule has 1 aliphatic heterocycles. The van der Waals surface area contributed by atoms with Gasteiger partial charge in [-0.2, -0.15) is 0 Å². The van der Waals surface area contributed by atoms with Crippen LogP contribution in [0.25, 0.3) is 0 Å². The third-order valence-corrected chi connectivity index (χ3v) is 9.58. The number of rotatable bonds is 7. The van der Waals surface area contributed by atoms with Crippen LogP contribution in [0.3, 0.4) is 0 Å². The minimum absolute atomic E-state index is 0.246. The summed E-state index contributed by atoms with van der Waals surface area (Å²) in [6.07, 6.45) is -1.13. The number of aliphatic hydroxyl groups is 1. The highest BCUT2D eigenvalue weighted by Gasteiger charge is 2.39. The highest BCUT2D eigenvalue weighted by molar-refractivity contribution is 7.91. The number of anilines is 2. The van der Waals surface area contributed by atoms with Crippen molar-refractivity contribution in [2.24, 2.45) is 4.36 Å². The molecule has 2 N–H and O–H groups in total. The number of fused-ring (bicyclic) bond motifs is 2. The minimum atomic E-state index is -4.82. The first-order valence-electron chi connectivity index (χ1n) is 13.7. The van der Waals surface area contributed by atoms with Gasteiger partial charge in [-0.15, -0.1) is 13.2 Å². The van der Waals surface area contributed by atoms with E-state index in [2.05, 4.69) is 43.0 Å². The molecule has 0 aromatic heterocycles. The van der Waals surface area contributed by atoms with Crippen LogP contribution >= 0.6 is 0 Å². The van der Waals surface area contributed by atoms with Crippen LogP contribution in [0.4, 0.5) is 24.5 Å². The minimum Gasteiger partial charge on any atom is -0.406 e. The fraction of sp³-hybridized carbons (Fsp3) is 0.400. The molecule has 40 heavy (non-hydrogen) atoms. The fourth-order valence-electron chi connectivity index (χ4n) is 5.67. The Bertz CT molecular complexity index is 1390. The van der Waals surface area contributed by atoms with Gasteiger partial charge in [0.2, 0.25) is 0 Å². The van der Waals surface area contributed by atoms with Crippen molar-refractivity contribution in [2.75, 3.05) is 11.4 Å². The van der Waals surface area contributed by atoms with E-state index in [-0.39, 0.29) is 10.9 Å². The van der Waals surface area contributed by atoms with Crippen molar-refractivity contribution >= 4 is 21.3 Å². The van der Waals surface area contributed by atoms with Crippen molar-refractivity contribution in [1.82, 2.24) is 4.72 Å². The number of nitrogens with one attached hydrogen (secondary N) is 1. The molecule has 2 aliphatic rings. The maximum Gasteiger partial charge on any atom is 0.573 e. The van der Waals surface area contributed by atoms with Crippen molar-refractivity contribution in [3.8, 4) is 5.75 Å². The Morgan fingerprint density at radius 3 is 2.15 bits per heavy atom. The monoisotopic (exact) mass is 573 g/mol. The maximum absolute atomic E-state index is 14.2. The summed E-state index contributed by atoms with van der Waals surface area (Å²) in [4.78, 5) is 2.49. The lowest BCUT2D eigenvalue weighted by Gasteiger charge is -2.43. The van der Waals surface area contributed by atoms with Crippen LogP contribution in [-0.4, -0.2) is 40.4 Å². The number of benzene rings is 3. The number of alkyl halides is 3. The average molecular weight is 574 g/mol. The molecule has 6 nitrogen and oxygen atoms in total. The van der Waals surface area contributed by atoms with Crippen molar-refractivity contribution in [3.63, 3.8) is 0 Å². The van der Waals surface area contributed by atoms with Gasteiger partial charge in [0.15, 0.2) is 0 Å². The van der Waals surface area contributed by atoms with Crippen molar-refractivity contribution in [1.29, 1.82) is 0 Å². The van der Waals surface area contributed by atoms with Gasteiger partial charge in [0.1, 0.15) is 15.7 Å². The summed E-state index contributed by atoms with van der Waals surface area (Å²) in [6, 6.07) is 20.6. The average Bonchev–Trinajstić information content (AvgIpc) is 3.10. The van der Waals surface area contributed by atoms with Crippen LogP contribution in [0.5, 0.6) is 5.75 Å². The van der Waals surface area contributed by atoms with E-state index in [0.717, 1.165) is 49.2 Å². The Kier molecular flexibility index (Phi) is 8.39. The van der Waals surface area contributed by atoms with Crippen molar-refractivity contribution < 1.29 is 27.2 Å². The van der Waals surface area contributed by atoms with Crippen LogP contribution in [0.1, 0.15) is 43.7 Å². The van der Waals surface area contributed by atoms with Gasteiger partial charge in [0, 0.05) is 24.0 Å². The Hall–Kier alpha value is -3.08. The first-order chi connectivity index (χ1) is 19.2. The number of nitrogens with zero attached hydrogens (tertiary/aromatic N) is 2. The van der Waals surface area contributed by atoms with Gasteiger partial charge < -0.3 is 14.7 Å². The van der Waals surface area contributed by atoms with Gasteiger partial charge in [0.05, 0.1) is 17.0 Å². The molecule has 214 valence electrons. The topological polar surface area (TPSA) is 74.2 Å². The molecule has 0 radical (unpaired) electrons. The summed E-state index contributed by atoms with van der Waals surface area (Å²) in [6.45, 7) is 2.20. The van der Waals surface area contributed by atoms with Gasteiger partial charge in [-0.05, 0) is 86.1 Å². The third-order valence-electron chi connectivity index (χ3n) is 7.50. The second kappa shape index (κ2) is 11.8. The van der Waals surface area contributed by atoms with Gasteiger partial charge in [-0.3, -0.25) is 0 Å². The van der Waals surface area contributed by atoms with Gasteiger partial charge in [-0.1, -0.05) is 43.3 Å². The molecule has 1 heterocycles. The lowest BCUT2D eigenvalue weighted by Crippen LogP contribution is -2.55. The second-order valence-electron chi connectivity index (χ2n) is 10.2. The molecule has 0 amide bonds. The van der Waals surface area contributed by atoms with E-state index in [1.54, 1.807) is 0 Å². The second-order valence-corrected chi connectivity index (χ2v) is 12.3. The molecule has 3 aromatic carbocycles. The SMILES string of the molecule is CCCN=S(=O)(NC1CCCC(N2c3ccccc3CCc3ccccc32)C1O)c1ccc(OC(F)(F)F)cc1. The first kappa shape index (κ1) is 28.4. The number of hydrogen-bond donors (Lipinski definition) is 2. The zero-order valence-corrected chi connectivity index (χ0v) is 23.1. The van der Waals surface area contributed by atoms with E-state index < -0.39 is 34.2 Å². The van der Waals surface area contributed by atoms with E-state index in [1.165, 1.54) is 23.3 Å². The molecule has 4 unspecified atom stereocenters. The number of halogens is 3. The van der Waals surface area contributed by atoms with Crippen LogP contribution < -0.4 is 14.4 Å². The molecule has 1 aliphatic carbocycles. The lowest BCUT2D eigenvalue weighted by atomic mass is 9.86. The highest BCUT2D eigenvalue weighted by atomic mass is 32.2. The standard InChI is InChI=1S/C30H34F3N3O3S/c1-2-20-34-40(38,24-18-16-23(17-19-24)39-30(31,32)33)35-25-10-7-13-28(29(25)37)36-26-11-5-3-8-21(26)14-15-22-9-4-6-12-27(22)36/h3-6,8-9,11-12,16-19,25,28-29,37H,2,7,10,13-15,20H2,1H3,(H,34,35,38). The summed E-state index contributed by atoms with van der Waals surface area (Å²) in [5, 5.41) is 11.8. The molecule has 1 fully saturated rings. The Morgan fingerprint density at radius 1 is 0.975 bits per heavy atom. The lowest BCUT2D eigenvalue weighted by molar-refractivity contribution is -0.274. The molecule has 0 bridgehead atoms. The molecule has 4 atom stereocenters. The summed E-state index contributed by atoms with van der Waals surface area (Å²) < 4.78 is 63.8. The van der Waals surface area contributed by atoms with E-state index in [4.69, 9.17) is 0 Å². The maximum atomic E-state index is 14.2. The van der Waals surface area contributed by atoms with Crippen LogP contribution in [0.2, 0.25) is 0 Å². The molecule has 10 heteroatoms. The van der Waals surface area contributed by atoms with Crippen LogP contribution in [0, 0.1) is 0 Å². The quantitative estimate of drug-likeness (QED) is 0.336. The number of para-hydroxylation sites is 2. The summed E-state index contributed by atoms with van der Waals surface area (Å²) >= 11 is 0. The number of hydrogen-bond acceptors (Lipinski definition) is 5. The molecule has 5 rings (SSSR count). The van der Waals surface area contributed by atoms with Gasteiger partial charge >= 0.3 is 6.36 Å². The molecule has 0 saturated heterocycles. The number of aryl methyl sites for hydroxylation is 2. The van der Waals surface area contributed by atoms with Crippen LogP contribution in [0.15, 0.2) is 82.1 Å². The van der Waals surface area contributed by atoms with Crippen molar-refractivity contribution in [2.45, 2.75) is 74.9 Å². The smallest absolute Gasteiger partial charge is 0.406 e. The third kappa shape index (κ3) is 6.14. The molecule has 0 spiro atoms. The van der Waals surface area contributed by atoms with Gasteiger partial charge in [0.25, 0.3) is 0 Å². The zero-order valence-electron chi connectivity index (χ0n) is 22.3. The molecular weight excluding hydrogens is 539 g/mol. The summed E-state index contributed by atoms with van der Waals surface area (Å²) in [7, 11) is -3.25. The highest BCUT2D eigenvalue weighted by Crippen LogP contribution is 2.41. The Balaban J connectivity index is 1.46. The first-order valence-corrected chi connectivity index (χ1v) is 15.2. The van der Waals surface area contributed by atoms with E-state index in [9.17, 15) is 22.5 Å². The zero-order chi connectivity index (χ0) is 28.3. The van der Waals surface area contributed by atoms with E-state index in [0.29, 0.717) is 19.4 Å². The Labute approximate surface area is 233 Å².